The number of carbonyl (C=O) groups is 1. The predicted molar refractivity (Wildman–Crippen MR) is 96.7 cm³/mol. The fourth-order valence-electron chi connectivity index (χ4n) is 3.17. The number of hydrogen-bond acceptors (Lipinski definition) is 4. The summed E-state index contributed by atoms with van der Waals surface area (Å²) in [5.74, 6) is -0.249. The lowest BCUT2D eigenvalue weighted by atomic mass is 10.1. The number of hydrogen-bond donors (Lipinski definition) is 1. The molecule has 3 rings (SSSR count). The van der Waals surface area contributed by atoms with E-state index in [-0.39, 0.29) is 11.6 Å². The maximum atomic E-state index is 12.6. The van der Waals surface area contributed by atoms with Crippen LogP contribution in [-0.4, -0.2) is 28.8 Å². The zero-order valence-electron chi connectivity index (χ0n) is 14.2. The van der Waals surface area contributed by atoms with Crippen molar-refractivity contribution in [3.05, 3.63) is 69.3 Å². The average Bonchev–Trinajstić information content (AvgIpc) is 3.09. The van der Waals surface area contributed by atoms with Gasteiger partial charge in [-0.15, -0.1) is 0 Å². The first-order valence-corrected chi connectivity index (χ1v) is 8.41. The Balaban J connectivity index is 1.78. The second-order valence-electron chi connectivity index (χ2n) is 6.35. The van der Waals surface area contributed by atoms with Crippen molar-refractivity contribution in [3.63, 3.8) is 0 Å². The maximum Gasteiger partial charge on any atom is 0.269 e. The van der Waals surface area contributed by atoms with Crippen molar-refractivity contribution in [2.24, 2.45) is 0 Å². The molecular formula is C19H21N3O3. The molecule has 1 heterocycles. The van der Waals surface area contributed by atoms with Gasteiger partial charge in [0.05, 0.1) is 4.92 Å². The third-order valence-corrected chi connectivity index (χ3v) is 4.52. The Kier molecular flexibility index (Phi) is 5.09. The minimum atomic E-state index is -0.458. The highest BCUT2D eigenvalue weighted by Gasteiger charge is 2.17. The Labute approximate surface area is 146 Å². The van der Waals surface area contributed by atoms with Crippen molar-refractivity contribution >= 4 is 17.3 Å². The number of benzene rings is 2. The van der Waals surface area contributed by atoms with E-state index in [1.807, 2.05) is 24.3 Å². The summed E-state index contributed by atoms with van der Waals surface area (Å²) >= 11 is 0. The summed E-state index contributed by atoms with van der Waals surface area (Å²) in [5.41, 5.74) is 2.89. The summed E-state index contributed by atoms with van der Waals surface area (Å²) in [7, 11) is 0. The van der Waals surface area contributed by atoms with Crippen molar-refractivity contribution in [2.45, 2.75) is 26.3 Å². The summed E-state index contributed by atoms with van der Waals surface area (Å²) in [6.07, 6.45) is 2.44. The lowest BCUT2D eigenvalue weighted by molar-refractivity contribution is -0.384. The fraction of sp³-hybridized carbons (Fsp3) is 0.316. The average molecular weight is 339 g/mol. The largest absolute Gasteiger partial charge is 0.322 e. The molecule has 130 valence electrons. The van der Waals surface area contributed by atoms with Gasteiger partial charge in [0.2, 0.25) is 0 Å². The Morgan fingerprint density at radius 1 is 1.20 bits per heavy atom. The summed E-state index contributed by atoms with van der Waals surface area (Å²) in [4.78, 5) is 25.4. The van der Waals surface area contributed by atoms with Gasteiger partial charge in [-0.1, -0.05) is 18.2 Å². The molecule has 6 heteroatoms. The smallest absolute Gasteiger partial charge is 0.269 e. The minimum Gasteiger partial charge on any atom is -0.322 e. The maximum absolute atomic E-state index is 12.6. The quantitative estimate of drug-likeness (QED) is 0.665. The number of non-ortho nitro benzene ring substituents is 1. The van der Waals surface area contributed by atoms with Crippen LogP contribution in [0.25, 0.3) is 0 Å². The van der Waals surface area contributed by atoms with Crippen LogP contribution in [0.2, 0.25) is 0 Å². The summed E-state index contributed by atoms with van der Waals surface area (Å²) in [6.45, 7) is 4.70. The van der Waals surface area contributed by atoms with E-state index >= 15 is 0 Å². The number of nitro groups is 1. The molecule has 2 aromatic carbocycles. The van der Waals surface area contributed by atoms with E-state index in [2.05, 4.69) is 10.2 Å². The number of carbonyl (C=O) groups excluding carboxylic acids is 1. The molecular weight excluding hydrogens is 318 g/mol. The molecule has 25 heavy (non-hydrogen) atoms. The monoisotopic (exact) mass is 339 g/mol. The number of likely N-dealkylation sites (tertiary alicyclic amines) is 1. The summed E-state index contributed by atoms with van der Waals surface area (Å²) < 4.78 is 0. The van der Waals surface area contributed by atoms with E-state index in [9.17, 15) is 14.9 Å². The van der Waals surface area contributed by atoms with Gasteiger partial charge in [-0.3, -0.25) is 19.8 Å². The Bertz CT molecular complexity index is 798. The van der Waals surface area contributed by atoms with Gasteiger partial charge in [0.25, 0.3) is 11.6 Å². The van der Waals surface area contributed by atoms with E-state index in [0.717, 1.165) is 30.9 Å². The Morgan fingerprint density at radius 3 is 2.60 bits per heavy atom. The van der Waals surface area contributed by atoms with Gasteiger partial charge < -0.3 is 5.32 Å². The van der Waals surface area contributed by atoms with Crippen molar-refractivity contribution in [2.75, 3.05) is 18.4 Å². The number of amides is 1. The number of aryl methyl sites for hydroxylation is 1. The lowest BCUT2D eigenvalue weighted by Gasteiger charge is -2.18. The molecule has 0 unspecified atom stereocenters. The minimum absolute atomic E-state index is 0.0107. The van der Waals surface area contributed by atoms with E-state index in [0.29, 0.717) is 11.1 Å². The highest BCUT2D eigenvalue weighted by Crippen LogP contribution is 2.22. The van der Waals surface area contributed by atoms with Gasteiger partial charge in [-0.2, -0.15) is 0 Å². The second kappa shape index (κ2) is 7.44. The van der Waals surface area contributed by atoms with Gasteiger partial charge >= 0.3 is 0 Å². The van der Waals surface area contributed by atoms with E-state index in [1.54, 1.807) is 6.92 Å². The number of anilines is 1. The predicted octanol–water partition coefficient (Wildman–Crippen LogP) is 3.75. The summed E-state index contributed by atoms with van der Waals surface area (Å²) in [6, 6.07) is 12.1. The van der Waals surface area contributed by atoms with Gasteiger partial charge in [-0.25, -0.2) is 0 Å². The fourth-order valence-corrected chi connectivity index (χ4v) is 3.17. The number of para-hydroxylation sites is 1. The Morgan fingerprint density at radius 2 is 1.92 bits per heavy atom. The first-order chi connectivity index (χ1) is 12.0. The van der Waals surface area contributed by atoms with Gasteiger partial charge in [0, 0.05) is 29.9 Å². The molecule has 1 fully saturated rings. The number of nitrogens with zero attached hydrogens (tertiary/aromatic N) is 2. The molecule has 1 amide bonds. The Hall–Kier alpha value is -2.73. The van der Waals surface area contributed by atoms with Crippen LogP contribution in [-0.2, 0) is 6.54 Å². The van der Waals surface area contributed by atoms with E-state index < -0.39 is 4.92 Å². The van der Waals surface area contributed by atoms with Gasteiger partial charge in [0.15, 0.2) is 0 Å². The highest BCUT2D eigenvalue weighted by atomic mass is 16.6. The van der Waals surface area contributed by atoms with E-state index in [4.69, 9.17) is 0 Å². The topological polar surface area (TPSA) is 75.5 Å². The first-order valence-electron chi connectivity index (χ1n) is 8.41. The molecule has 0 spiro atoms. The normalized spacial score (nSPS) is 14.4. The molecule has 0 radical (unpaired) electrons. The molecule has 1 aliphatic rings. The zero-order chi connectivity index (χ0) is 17.8. The highest BCUT2D eigenvalue weighted by molar-refractivity contribution is 6.05. The molecule has 1 N–H and O–H groups in total. The van der Waals surface area contributed by atoms with Gasteiger partial charge in [0.1, 0.15) is 0 Å². The molecule has 1 aliphatic heterocycles. The van der Waals surface area contributed by atoms with Gasteiger partial charge in [-0.05, 0) is 56.1 Å². The molecule has 1 saturated heterocycles. The standard InChI is InChI=1S/C19H21N3O3/c1-14-12-16(22(24)25)8-9-17(14)19(23)20-18-7-3-2-6-15(18)13-21-10-4-5-11-21/h2-3,6-9,12H,4-5,10-11,13H2,1H3,(H,20,23). The first kappa shape index (κ1) is 17.1. The van der Waals surface area contributed by atoms with Crippen LogP contribution in [0.15, 0.2) is 42.5 Å². The van der Waals surface area contributed by atoms with Crippen molar-refractivity contribution in [3.8, 4) is 0 Å². The molecule has 0 aliphatic carbocycles. The number of rotatable bonds is 5. The molecule has 0 atom stereocenters. The molecule has 0 saturated carbocycles. The molecule has 6 nitrogen and oxygen atoms in total. The van der Waals surface area contributed by atoms with Crippen LogP contribution in [0.4, 0.5) is 11.4 Å². The number of nitro benzene ring substituents is 1. The van der Waals surface area contributed by atoms with Crippen LogP contribution in [0.1, 0.15) is 34.3 Å². The molecule has 0 bridgehead atoms. The SMILES string of the molecule is Cc1cc([N+](=O)[O-])ccc1C(=O)Nc1ccccc1CN1CCCC1. The summed E-state index contributed by atoms with van der Waals surface area (Å²) in [5, 5.41) is 13.8. The third kappa shape index (κ3) is 4.03. The third-order valence-electron chi connectivity index (χ3n) is 4.52. The van der Waals surface area contributed by atoms with Crippen LogP contribution in [0, 0.1) is 17.0 Å². The molecule has 0 aromatic heterocycles. The van der Waals surface area contributed by atoms with Crippen LogP contribution < -0.4 is 5.32 Å². The second-order valence-corrected chi connectivity index (χ2v) is 6.35. The van der Waals surface area contributed by atoms with Crippen molar-refractivity contribution in [1.29, 1.82) is 0 Å². The van der Waals surface area contributed by atoms with Crippen LogP contribution in [0.3, 0.4) is 0 Å². The zero-order valence-corrected chi connectivity index (χ0v) is 14.2. The van der Waals surface area contributed by atoms with E-state index in [1.165, 1.54) is 31.0 Å². The van der Waals surface area contributed by atoms with Crippen molar-refractivity contribution < 1.29 is 9.72 Å². The number of nitrogens with one attached hydrogen (secondary N) is 1. The molecule has 2 aromatic rings. The van der Waals surface area contributed by atoms with Crippen LogP contribution in [0.5, 0.6) is 0 Å². The van der Waals surface area contributed by atoms with Crippen LogP contribution >= 0.6 is 0 Å². The van der Waals surface area contributed by atoms with Crippen molar-refractivity contribution in [1.82, 2.24) is 4.90 Å². The lowest BCUT2D eigenvalue weighted by Crippen LogP contribution is -2.20.